The molecule has 0 aromatic heterocycles. The first kappa shape index (κ1) is 26.5. The van der Waals surface area contributed by atoms with Crippen molar-refractivity contribution in [2.45, 2.75) is 30.7 Å². The lowest BCUT2D eigenvalue weighted by molar-refractivity contribution is -0.144. The van der Waals surface area contributed by atoms with Crippen LogP contribution in [0.25, 0.3) is 0 Å². The van der Waals surface area contributed by atoms with Crippen LogP contribution in [0.15, 0.2) is 48.6 Å². The Bertz CT molecular complexity index is 1160. The molecule has 4 nitrogen and oxygen atoms in total. The zero-order valence-electron chi connectivity index (χ0n) is 17.8. The van der Waals surface area contributed by atoms with Gasteiger partial charge in [-0.15, -0.1) is 0 Å². The number of hydrogen-bond donors (Lipinski definition) is 1. The molecule has 1 aliphatic carbocycles. The lowest BCUT2D eigenvalue weighted by atomic mass is 9.85. The van der Waals surface area contributed by atoms with E-state index in [1.165, 1.54) is 18.2 Å². The number of rotatable bonds is 5. The van der Waals surface area contributed by atoms with Gasteiger partial charge in [-0.1, -0.05) is 29.8 Å². The van der Waals surface area contributed by atoms with E-state index in [1.807, 2.05) is 0 Å². The minimum absolute atomic E-state index is 0.0409. The van der Waals surface area contributed by atoms with Gasteiger partial charge in [-0.3, -0.25) is 9.59 Å². The quantitative estimate of drug-likeness (QED) is 0.291. The molecular weight excluding hydrogens is 507 g/mol. The second-order valence-electron chi connectivity index (χ2n) is 7.79. The number of halogens is 8. The van der Waals surface area contributed by atoms with Crippen LogP contribution in [0.1, 0.15) is 39.4 Å². The van der Waals surface area contributed by atoms with Crippen molar-refractivity contribution < 1.29 is 45.1 Å². The predicted molar refractivity (Wildman–Crippen MR) is 111 cm³/mol. The second-order valence-corrected chi connectivity index (χ2v) is 8.19. The number of benzene rings is 2. The molecule has 3 atom stereocenters. The van der Waals surface area contributed by atoms with Crippen LogP contribution in [0.2, 0.25) is 5.02 Å². The Morgan fingerprint density at radius 3 is 2.29 bits per heavy atom. The van der Waals surface area contributed by atoms with Gasteiger partial charge in [0.2, 0.25) is 0 Å². The molecule has 2 aromatic carbocycles. The first-order valence-electron chi connectivity index (χ1n) is 10.0. The number of carbonyl (C=O) groups is 2. The Kier molecular flexibility index (Phi) is 7.49. The van der Waals surface area contributed by atoms with Crippen LogP contribution in [0, 0.1) is 11.7 Å². The molecule has 1 aliphatic rings. The summed E-state index contributed by atoms with van der Waals surface area (Å²) < 4.78 is 97.0. The van der Waals surface area contributed by atoms with Crippen LogP contribution in [0.3, 0.4) is 0 Å². The van der Waals surface area contributed by atoms with Crippen molar-refractivity contribution in [1.29, 1.82) is 0 Å². The van der Waals surface area contributed by atoms with Gasteiger partial charge in [0, 0.05) is 11.1 Å². The van der Waals surface area contributed by atoms with Crippen LogP contribution >= 0.6 is 11.6 Å². The minimum Gasteiger partial charge on any atom is -0.469 e. The molecule has 0 unspecified atom stereocenters. The Hall–Kier alpha value is -3.08. The van der Waals surface area contributed by atoms with Crippen molar-refractivity contribution >= 4 is 23.5 Å². The second kappa shape index (κ2) is 9.88. The van der Waals surface area contributed by atoms with E-state index in [1.54, 1.807) is 0 Å². The molecular formula is C23H17ClF7NO3. The van der Waals surface area contributed by atoms with Gasteiger partial charge in [-0.2, -0.15) is 26.3 Å². The molecule has 12 heteroatoms. The molecule has 0 heterocycles. The van der Waals surface area contributed by atoms with Crippen LogP contribution < -0.4 is 5.32 Å². The van der Waals surface area contributed by atoms with Gasteiger partial charge in [0.15, 0.2) is 0 Å². The molecule has 0 saturated heterocycles. The number of alkyl halides is 6. The number of allylic oxidation sites excluding steroid dienone is 1. The molecule has 0 bridgehead atoms. The predicted octanol–water partition coefficient (Wildman–Crippen LogP) is 6.15. The third-order valence-electron chi connectivity index (χ3n) is 5.51. The van der Waals surface area contributed by atoms with Crippen molar-refractivity contribution in [3.8, 4) is 0 Å². The van der Waals surface area contributed by atoms with Crippen LogP contribution in [-0.2, 0) is 21.9 Å². The smallest absolute Gasteiger partial charge is 0.417 e. The van der Waals surface area contributed by atoms with Crippen LogP contribution in [0.4, 0.5) is 30.7 Å². The largest absolute Gasteiger partial charge is 0.469 e. The molecule has 0 radical (unpaired) electrons. The van der Waals surface area contributed by atoms with Gasteiger partial charge in [0.25, 0.3) is 5.91 Å². The number of hydrogen-bond acceptors (Lipinski definition) is 3. The fraction of sp³-hybridized carbons (Fsp3) is 0.304. The summed E-state index contributed by atoms with van der Waals surface area (Å²) in [6, 6.07) is 3.30. The summed E-state index contributed by atoms with van der Waals surface area (Å²) in [5, 5.41) is 2.29. The summed E-state index contributed by atoms with van der Waals surface area (Å²) in [6.45, 7) is 0. The average molecular weight is 524 g/mol. The normalized spacial score (nSPS) is 18.9. The fourth-order valence-corrected chi connectivity index (χ4v) is 4.18. The zero-order valence-corrected chi connectivity index (χ0v) is 18.6. The van der Waals surface area contributed by atoms with Gasteiger partial charge in [0.05, 0.1) is 29.7 Å². The van der Waals surface area contributed by atoms with E-state index in [-0.39, 0.29) is 23.1 Å². The van der Waals surface area contributed by atoms with Crippen molar-refractivity contribution in [2.75, 3.05) is 7.11 Å². The number of amides is 1. The number of ether oxygens (including phenoxy) is 1. The van der Waals surface area contributed by atoms with Crippen LogP contribution in [0.5, 0.6) is 0 Å². The maximum absolute atomic E-state index is 13.4. The minimum atomic E-state index is -5.21. The lowest BCUT2D eigenvalue weighted by Crippen LogP contribution is -2.35. The molecule has 0 aliphatic heterocycles. The zero-order chi connectivity index (χ0) is 26.1. The highest BCUT2D eigenvalue weighted by atomic mass is 35.5. The maximum atomic E-state index is 13.4. The fourth-order valence-electron chi connectivity index (χ4n) is 3.89. The first-order chi connectivity index (χ1) is 16.2. The van der Waals surface area contributed by atoms with Crippen molar-refractivity contribution in [1.82, 2.24) is 5.32 Å². The monoisotopic (exact) mass is 523 g/mol. The van der Waals surface area contributed by atoms with E-state index >= 15 is 0 Å². The summed E-state index contributed by atoms with van der Waals surface area (Å²) in [4.78, 5) is 25.0. The van der Waals surface area contributed by atoms with Gasteiger partial charge in [-0.25, -0.2) is 4.39 Å². The molecule has 1 N–H and O–H groups in total. The highest BCUT2D eigenvalue weighted by Gasteiger charge is 2.40. The summed E-state index contributed by atoms with van der Waals surface area (Å²) in [5.41, 5.74) is -4.00. The topological polar surface area (TPSA) is 55.4 Å². The molecule has 2 aromatic rings. The van der Waals surface area contributed by atoms with Gasteiger partial charge in [0.1, 0.15) is 5.82 Å². The Balaban J connectivity index is 1.83. The number of carbonyl (C=O) groups excluding carboxylic acids is 2. The van der Waals surface area contributed by atoms with Gasteiger partial charge >= 0.3 is 18.3 Å². The third kappa shape index (κ3) is 5.95. The Morgan fingerprint density at radius 1 is 1.03 bits per heavy atom. The molecule has 188 valence electrons. The molecule has 0 saturated carbocycles. The first-order valence-corrected chi connectivity index (χ1v) is 10.4. The van der Waals surface area contributed by atoms with E-state index in [0.29, 0.717) is 12.1 Å². The van der Waals surface area contributed by atoms with E-state index in [9.17, 15) is 40.3 Å². The standard InChI is InChI=1S/C23H17ClF7NO3/c1-35-21(34)19(16-7-4-13(25)10-18(16)24)11-2-5-14(8-11)32-20(33)15-6-3-12(22(26,27)28)9-17(15)23(29,30)31/h2-7,9-11,14,19H,8H2,1H3,(H,32,33)/t11-,14+,19-/m0/s1. The Labute approximate surface area is 199 Å². The van der Waals surface area contributed by atoms with Crippen molar-refractivity contribution in [3.05, 3.63) is 81.6 Å². The molecule has 0 spiro atoms. The maximum Gasteiger partial charge on any atom is 0.417 e. The molecule has 1 amide bonds. The van der Waals surface area contributed by atoms with E-state index < -0.39 is 64.6 Å². The van der Waals surface area contributed by atoms with Gasteiger partial charge < -0.3 is 10.1 Å². The van der Waals surface area contributed by atoms with Crippen molar-refractivity contribution in [2.24, 2.45) is 5.92 Å². The van der Waals surface area contributed by atoms with Crippen molar-refractivity contribution in [3.63, 3.8) is 0 Å². The molecule has 0 fully saturated rings. The highest BCUT2D eigenvalue weighted by molar-refractivity contribution is 6.31. The van der Waals surface area contributed by atoms with Crippen LogP contribution in [-0.4, -0.2) is 25.0 Å². The number of esters is 1. The highest BCUT2D eigenvalue weighted by Crippen LogP contribution is 2.39. The molecule has 3 rings (SSSR count). The Morgan fingerprint density at radius 2 is 1.71 bits per heavy atom. The number of nitrogens with one attached hydrogen (secondary N) is 1. The summed E-state index contributed by atoms with van der Waals surface area (Å²) >= 11 is 6.08. The molecule has 35 heavy (non-hydrogen) atoms. The SMILES string of the molecule is COC(=O)[C@H](c1ccc(F)cc1Cl)[C@H]1C=C[C@@H](NC(=O)c2ccc(C(F)(F)F)cc2C(F)(F)F)C1. The van der Waals surface area contributed by atoms with E-state index in [4.69, 9.17) is 16.3 Å². The summed E-state index contributed by atoms with van der Waals surface area (Å²) in [5.74, 6) is -4.20. The van der Waals surface area contributed by atoms with Gasteiger partial charge in [-0.05, 0) is 48.2 Å². The third-order valence-corrected chi connectivity index (χ3v) is 5.84. The number of methoxy groups -OCH3 is 1. The average Bonchev–Trinajstić information content (AvgIpc) is 3.21. The van der Waals surface area contributed by atoms with E-state index in [2.05, 4.69) is 5.32 Å². The summed E-state index contributed by atoms with van der Waals surface area (Å²) in [7, 11) is 1.13. The van der Waals surface area contributed by atoms with E-state index in [0.717, 1.165) is 19.2 Å². The lowest BCUT2D eigenvalue weighted by Gasteiger charge is -2.23. The summed E-state index contributed by atoms with van der Waals surface area (Å²) in [6.07, 6.45) is -7.23.